The van der Waals surface area contributed by atoms with Crippen molar-refractivity contribution in [1.82, 2.24) is 0 Å². The van der Waals surface area contributed by atoms with Gasteiger partial charge in [0.15, 0.2) is 0 Å². The van der Waals surface area contributed by atoms with Gasteiger partial charge in [-0.25, -0.2) is 4.39 Å². The molecule has 0 aliphatic heterocycles. The lowest BCUT2D eigenvalue weighted by atomic mass is 10.1. The summed E-state index contributed by atoms with van der Waals surface area (Å²) < 4.78 is 12.7. The van der Waals surface area contributed by atoms with Crippen LogP contribution in [0.2, 0.25) is 0 Å². The van der Waals surface area contributed by atoms with E-state index in [1.165, 1.54) is 0 Å². The van der Waals surface area contributed by atoms with E-state index >= 15 is 0 Å². The summed E-state index contributed by atoms with van der Waals surface area (Å²) >= 11 is 0. The fraction of sp³-hybridized carbons (Fsp3) is 0.176. The van der Waals surface area contributed by atoms with Gasteiger partial charge >= 0.3 is 0 Å². The van der Waals surface area contributed by atoms with E-state index in [9.17, 15) is 4.39 Å². The minimum absolute atomic E-state index is 0.371. The molecule has 0 unspecified atom stereocenters. The summed E-state index contributed by atoms with van der Waals surface area (Å²) in [5, 5.41) is 0. The van der Waals surface area contributed by atoms with E-state index in [-0.39, 0.29) is 6.67 Å². The molecule has 0 aliphatic carbocycles. The molecule has 96 valence electrons. The SMILES string of the molecule is C#Cc1ccc(N(CCF)Cc2ccccc2)cc1. The topological polar surface area (TPSA) is 3.24 Å². The zero-order valence-corrected chi connectivity index (χ0v) is 10.7. The van der Waals surface area contributed by atoms with Crippen molar-refractivity contribution < 1.29 is 4.39 Å². The van der Waals surface area contributed by atoms with Crippen LogP contribution >= 0.6 is 0 Å². The van der Waals surface area contributed by atoms with Gasteiger partial charge in [0, 0.05) is 24.3 Å². The van der Waals surface area contributed by atoms with Crippen LogP contribution in [-0.2, 0) is 6.54 Å². The van der Waals surface area contributed by atoms with Crippen LogP contribution in [0.3, 0.4) is 0 Å². The zero-order chi connectivity index (χ0) is 13.5. The number of nitrogens with zero attached hydrogens (tertiary/aromatic N) is 1. The lowest BCUT2D eigenvalue weighted by Gasteiger charge is -2.23. The highest BCUT2D eigenvalue weighted by atomic mass is 19.1. The Balaban J connectivity index is 2.17. The van der Waals surface area contributed by atoms with E-state index in [4.69, 9.17) is 6.42 Å². The first-order valence-electron chi connectivity index (χ1n) is 6.25. The Kier molecular flexibility index (Phi) is 4.58. The molecular formula is C17H16FN. The van der Waals surface area contributed by atoms with E-state index < -0.39 is 0 Å². The maximum Gasteiger partial charge on any atom is 0.107 e. The molecule has 0 amide bonds. The first kappa shape index (κ1) is 13.2. The molecule has 19 heavy (non-hydrogen) atoms. The summed E-state index contributed by atoms with van der Waals surface area (Å²) in [5.41, 5.74) is 2.99. The number of hydrogen-bond acceptors (Lipinski definition) is 1. The molecule has 0 saturated carbocycles. The molecule has 0 N–H and O–H groups in total. The van der Waals surface area contributed by atoms with Crippen LogP contribution in [0.25, 0.3) is 0 Å². The number of rotatable bonds is 5. The second kappa shape index (κ2) is 6.61. The van der Waals surface area contributed by atoms with E-state index in [1.54, 1.807) is 0 Å². The fourth-order valence-corrected chi connectivity index (χ4v) is 1.97. The minimum Gasteiger partial charge on any atom is -0.365 e. The molecule has 0 bridgehead atoms. The Morgan fingerprint density at radius 1 is 1.00 bits per heavy atom. The number of hydrogen-bond donors (Lipinski definition) is 0. The first-order valence-corrected chi connectivity index (χ1v) is 6.25. The number of terminal acetylenes is 1. The highest BCUT2D eigenvalue weighted by Crippen LogP contribution is 2.17. The number of alkyl halides is 1. The van der Waals surface area contributed by atoms with Gasteiger partial charge in [-0.1, -0.05) is 36.3 Å². The van der Waals surface area contributed by atoms with Crippen LogP contribution in [0.5, 0.6) is 0 Å². The zero-order valence-electron chi connectivity index (χ0n) is 10.7. The van der Waals surface area contributed by atoms with Crippen LogP contribution in [0.15, 0.2) is 54.6 Å². The normalized spacial score (nSPS) is 9.89. The molecule has 2 aromatic rings. The van der Waals surface area contributed by atoms with Crippen LogP contribution in [0, 0.1) is 12.3 Å². The second-order valence-corrected chi connectivity index (χ2v) is 4.29. The summed E-state index contributed by atoms with van der Waals surface area (Å²) in [4.78, 5) is 2.01. The van der Waals surface area contributed by atoms with Crippen molar-refractivity contribution in [2.45, 2.75) is 6.54 Å². The third-order valence-electron chi connectivity index (χ3n) is 2.97. The van der Waals surface area contributed by atoms with E-state index in [0.29, 0.717) is 13.1 Å². The second-order valence-electron chi connectivity index (χ2n) is 4.29. The summed E-state index contributed by atoms with van der Waals surface area (Å²) in [7, 11) is 0. The van der Waals surface area contributed by atoms with Gasteiger partial charge in [0.25, 0.3) is 0 Å². The van der Waals surface area contributed by atoms with E-state index in [0.717, 1.165) is 16.8 Å². The lowest BCUT2D eigenvalue weighted by Crippen LogP contribution is -2.25. The van der Waals surface area contributed by atoms with Gasteiger partial charge in [0.1, 0.15) is 6.67 Å². The monoisotopic (exact) mass is 253 g/mol. The third kappa shape index (κ3) is 3.59. The Morgan fingerprint density at radius 2 is 1.68 bits per heavy atom. The van der Waals surface area contributed by atoms with Crippen LogP contribution in [-0.4, -0.2) is 13.2 Å². The van der Waals surface area contributed by atoms with Gasteiger partial charge in [-0.3, -0.25) is 0 Å². The minimum atomic E-state index is -0.371. The first-order chi connectivity index (χ1) is 9.33. The molecule has 0 atom stereocenters. The van der Waals surface area contributed by atoms with Crippen LogP contribution in [0.4, 0.5) is 10.1 Å². The average molecular weight is 253 g/mol. The number of benzene rings is 2. The predicted molar refractivity (Wildman–Crippen MR) is 77.8 cm³/mol. The molecular weight excluding hydrogens is 237 g/mol. The smallest absolute Gasteiger partial charge is 0.107 e. The quantitative estimate of drug-likeness (QED) is 0.735. The fourth-order valence-electron chi connectivity index (χ4n) is 1.97. The Hall–Kier alpha value is -2.27. The highest BCUT2D eigenvalue weighted by Gasteiger charge is 2.06. The molecule has 0 saturated heterocycles. The largest absolute Gasteiger partial charge is 0.365 e. The van der Waals surface area contributed by atoms with Crippen molar-refractivity contribution >= 4 is 5.69 Å². The van der Waals surface area contributed by atoms with E-state index in [2.05, 4.69) is 5.92 Å². The lowest BCUT2D eigenvalue weighted by molar-refractivity contribution is 0.489. The van der Waals surface area contributed by atoms with Crippen LogP contribution in [0.1, 0.15) is 11.1 Å². The van der Waals surface area contributed by atoms with Crippen LogP contribution < -0.4 is 4.90 Å². The maximum absolute atomic E-state index is 12.7. The number of anilines is 1. The van der Waals surface area contributed by atoms with Gasteiger partial charge in [-0.15, -0.1) is 6.42 Å². The summed E-state index contributed by atoms with van der Waals surface area (Å²) in [6.07, 6.45) is 5.33. The molecule has 0 aromatic heterocycles. The van der Waals surface area contributed by atoms with Crippen molar-refractivity contribution in [2.24, 2.45) is 0 Å². The van der Waals surface area contributed by atoms with Crippen molar-refractivity contribution in [2.75, 3.05) is 18.1 Å². The number of halogens is 1. The summed E-state index contributed by atoms with van der Waals surface area (Å²) in [6, 6.07) is 17.7. The molecule has 0 heterocycles. The van der Waals surface area contributed by atoms with Gasteiger partial charge in [-0.2, -0.15) is 0 Å². The van der Waals surface area contributed by atoms with Crippen molar-refractivity contribution in [3.05, 3.63) is 65.7 Å². The standard InChI is InChI=1S/C17H16FN/c1-2-15-8-10-17(11-9-15)19(13-12-18)14-16-6-4-3-5-7-16/h1,3-11H,12-14H2. The molecule has 0 spiro atoms. The van der Waals surface area contributed by atoms with Gasteiger partial charge in [0.05, 0.1) is 0 Å². The van der Waals surface area contributed by atoms with Crippen molar-refractivity contribution in [1.29, 1.82) is 0 Å². The molecule has 2 heteroatoms. The van der Waals surface area contributed by atoms with Gasteiger partial charge in [-0.05, 0) is 29.8 Å². The molecule has 1 nitrogen and oxygen atoms in total. The van der Waals surface area contributed by atoms with E-state index in [1.807, 2.05) is 59.5 Å². The Morgan fingerprint density at radius 3 is 2.26 bits per heavy atom. The Labute approximate surface area is 113 Å². The molecule has 2 rings (SSSR count). The average Bonchev–Trinajstić information content (AvgIpc) is 2.48. The molecule has 0 fully saturated rings. The maximum atomic E-state index is 12.7. The molecule has 2 aromatic carbocycles. The van der Waals surface area contributed by atoms with Gasteiger partial charge in [0.2, 0.25) is 0 Å². The molecule has 0 radical (unpaired) electrons. The highest BCUT2D eigenvalue weighted by molar-refractivity contribution is 5.50. The Bertz CT molecular complexity index is 540. The summed E-state index contributed by atoms with van der Waals surface area (Å²) in [5.74, 6) is 2.58. The predicted octanol–water partition coefficient (Wildman–Crippen LogP) is 3.64. The van der Waals surface area contributed by atoms with Gasteiger partial charge < -0.3 is 4.90 Å². The summed E-state index contributed by atoms with van der Waals surface area (Å²) in [6.45, 7) is 0.703. The molecule has 0 aliphatic rings. The third-order valence-corrected chi connectivity index (χ3v) is 2.97. The van der Waals surface area contributed by atoms with Crippen molar-refractivity contribution in [3.8, 4) is 12.3 Å². The van der Waals surface area contributed by atoms with Crippen molar-refractivity contribution in [3.63, 3.8) is 0 Å².